The van der Waals surface area contributed by atoms with Gasteiger partial charge in [-0.1, -0.05) is 18.2 Å². The molecule has 1 aromatic rings. The van der Waals surface area contributed by atoms with Gasteiger partial charge in [0.05, 0.1) is 12.5 Å². The normalized spacial score (nSPS) is 18.6. The molecule has 0 aliphatic carbocycles. The maximum Gasteiger partial charge on any atom is 0.410 e. The lowest BCUT2D eigenvalue weighted by Gasteiger charge is -2.37. The summed E-state index contributed by atoms with van der Waals surface area (Å²) in [4.78, 5) is 13.8. The van der Waals surface area contributed by atoms with Crippen molar-refractivity contribution < 1.29 is 22.7 Å². The Balaban J connectivity index is 2.25. The number of carbonyl (C=O) groups is 1. The Hall–Kier alpha value is -1.72. The van der Waals surface area contributed by atoms with Gasteiger partial charge < -0.3 is 9.64 Å². The van der Waals surface area contributed by atoms with Gasteiger partial charge in [0, 0.05) is 6.54 Å². The Bertz CT molecular complexity index is 590. The first-order chi connectivity index (χ1) is 10.5. The molecule has 0 saturated carbocycles. The molecule has 1 heterocycles. The van der Waals surface area contributed by atoms with Crippen LogP contribution in [0.2, 0.25) is 0 Å². The Morgan fingerprint density at radius 3 is 2.52 bits per heavy atom. The third kappa shape index (κ3) is 4.39. The molecule has 0 aromatic heterocycles. The third-order valence-corrected chi connectivity index (χ3v) is 3.85. The molecular formula is C17H22F3NO2. The van der Waals surface area contributed by atoms with E-state index in [9.17, 15) is 18.0 Å². The van der Waals surface area contributed by atoms with Gasteiger partial charge >= 0.3 is 12.3 Å². The maximum atomic E-state index is 12.7. The molecule has 0 radical (unpaired) electrons. The maximum absolute atomic E-state index is 12.7. The Morgan fingerprint density at radius 2 is 1.96 bits per heavy atom. The van der Waals surface area contributed by atoms with Crippen LogP contribution in [-0.2, 0) is 17.6 Å². The van der Waals surface area contributed by atoms with Crippen molar-refractivity contribution in [2.45, 2.75) is 58.4 Å². The van der Waals surface area contributed by atoms with Crippen LogP contribution in [0.5, 0.6) is 0 Å². The fourth-order valence-electron chi connectivity index (χ4n) is 2.90. The Labute approximate surface area is 134 Å². The summed E-state index contributed by atoms with van der Waals surface area (Å²) in [6.07, 6.45) is -5.20. The van der Waals surface area contributed by atoms with E-state index in [1.807, 2.05) is 6.92 Å². The van der Waals surface area contributed by atoms with Gasteiger partial charge in [-0.25, -0.2) is 4.79 Å². The number of alkyl halides is 3. The molecule has 1 aromatic carbocycles. The SMILES string of the molecule is C[C@H]1c2cccc(CC(F)(F)F)c2CCN1C(=O)OC(C)(C)C. The van der Waals surface area contributed by atoms with E-state index in [4.69, 9.17) is 4.74 Å². The molecule has 2 rings (SSSR count). The zero-order valence-electron chi connectivity index (χ0n) is 13.8. The molecule has 23 heavy (non-hydrogen) atoms. The zero-order chi connectivity index (χ0) is 17.4. The summed E-state index contributed by atoms with van der Waals surface area (Å²) in [6, 6.07) is 4.62. The first kappa shape index (κ1) is 17.6. The monoisotopic (exact) mass is 329 g/mol. The number of hydrogen-bond acceptors (Lipinski definition) is 2. The van der Waals surface area contributed by atoms with Crippen LogP contribution in [0.25, 0.3) is 0 Å². The fourth-order valence-corrected chi connectivity index (χ4v) is 2.90. The van der Waals surface area contributed by atoms with E-state index >= 15 is 0 Å². The van der Waals surface area contributed by atoms with E-state index in [1.54, 1.807) is 37.8 Å². The molecule has 1 aliphatic rings. The number of hydrogen-bond donors (Lipinski definition) is 0. The minimum Gasteiger partial charge on any atom is -0.444 e. The van der Waals surface area contributed by atoms with Crippen molar-refractivity contribution in [1.82, 2.24) is 4.90 Å². The van der Waals surface area contributed by atoms with Crippen molar-refractivity contribution in [2.75, 3.05) is 6.54 Å². The number of amides is 1. The van der Waals surface area contributed by atoms with E-state index in [-0.39, 0.29) is 6.04 Å². The minimum atomic E-state index is -4.24. The second-order valence-corrected chi connectivity index (χ2v) is 6.88. The van der Waals surface area contributed by atoms with Gasteiger partial charge in [0.15, 0.2) is 0 Å². The lowest BCUT2D eigenvalue weighted by atomic mass is 9.89. The quantitative estimate of drug-likeness (QED) is 0.751. The van der Waals surface area contributed by atoms with E-state index in [0.29, 0.717) is 24.1 Å². The van der Waals surface area contributed by atoms with Crippen LogP contribution >= 0.6 is 0 Å². The summed E-state index contributed by atoms with van der Waals surface area (Å²) >= 11 is 0. The molecule has 0 saturated heterocycles. The second-order valence-electron chi connectivity index (χ2n) is 6.88. The highest BCUT2D eigenvalue weighted by Gasteiger charge is 2.34. The lowest BCUT2D eigenvalue weighted by molar-refractivity contribution is -0.127. The van der Waals surface area contributed by atoms with Crippen LogP contribution in [0.3, 0.4) is 0 Å². The number of fused-ring (bicyclic) bond motifs is 1. The number of nitrogens with zero attached hydrogens (tertiary/aromatic N) is 1. The number of halogens is 3. The van der Waals surface area contributed by atoms with Crippen LogP contribution in [-0.4, -0.2) is 29.3 Å². The van der Waals surface area contributed by atoms with Crippen molar-refractivity contribution in [3.05, 3.63) is 34.9 Å². The second kappa shape index (κ2) is 6.06. The molecule has 1 atom stereocenters. The predicted octanol–water partition coefficient (Wildman–Crippen LogP) is 4.65. The molecular weight excluding hydrogens is 307 g/mol. The highest BCUT2D eigenvalue weighted by atomic mass is 19.4. The first-order valence-electron chi connectivity index (χ1n) is 7.65. The molecule has 0 N–H and O–H groups in total. The van der Waals surface area contributed by atoms with Crippen molar-refractivity contribution in [3.63, 3.8) is 0 Å². The van der Waals surface area contributed by atoms with Crippen LogP contribution in [0.1, 0.15) is 50.4 Å². The van der Waals surface area contributed by atoms with Gasteiger partial charge in [0.1, 0.15) is 5.60 Å². The molecule has 0 spiro atoms. The first-order valence-corrected chi connectivity index (χ1v) is 7.65. The van der Waals surface area contributed by atoms with Crippen LogP contribution < -0.4 is 0 Å². The summed E-state index contributed by atoms with van der Waals surface area (Å²) in [5.74, 6) is 0. The van der Waals surface area contributed by atoms with E-state index in [1.165, 1.54) is 6.07 Å². The molecule has 3 nitrogen and oxygen atoms in total. The number of rotatable bonds is 1. The number of benzene rings is 1. The van der Waals surface area contributed by atoms with E-state index in [0.717, 1.165) is 5.56 Å². The number of ether oxygens (including phenoxy) is 1. The molecule has 0 fully saturated rings. The summed E-state index contributed by atoms with van der Waals surface area (Å²) in [6.45, 7) is 7.54. The van der Waals surface area contributed by atoms with E-state index < -0.39 is 24.3 Å². The zero-order valence-corrected chi connectivity index (χ0v) is 13.8. The Morgan fingerprint density at radius 1 is 1.30 bits per heavy atom. The van der Waals surface area contributed by atoms with Gasteiger partial charge in [-0.3, -0.25) is 0 Å². The van der Waals surface area contributed by atoms with Crippen molar-refractivity contribution >= 4 is 6.09 Å². The molecule has 128 valence electrons. The van der Waals surface area contributed by atoms with Crippen LogP contribution in [0.15, 0.2) is 18.2 Å². The van der Waals surface area contributed by atoms with Gasteiger partial charge in [0.25, 0.3) is 0 Å². The van der Waals surface area contributed by atoms with Gasteiger partial charge in [-0.15, -0.1) is 0 Å². The summed E-state index contributed by atoms with van der Waals surface area (Å²) in [5.41, 5.74) is 1.17. The average Bonchev–Trinajstić information content (AvgIpc) is 2.36. The summed E-state index contributed by atoms with van der Waals surface area (Å²) in [7, 11) is 0. The van der Waals surface area contributed by atoms with Crippen molar-refractivity contribution in [1.29, 1.82) is 0 Å². The van der Waals surface area contributed by atoms with Gasteiger partial charge in [-0.2, -0.15) is 13.2 Å². The molecule has 6 heteroatoms. The lowest BCUT2D eigenvalue weighted by Crippen LogP contribution is -2.42. The summed E-state index contributed by atoms with van der Waals surface area (Å²) in [5, 5.41) is 0. The highest BCUT2D eigenvalue weighted by molar-refractivity contribution is 5.69. The third-order valence-electron chi connectivity index (χ3n) is 3.85. The molecule has 0 bridgehead atoms. The summed E-state index contributed by atoms with van der Waals surface area (Å²) < 4.78 is 43.5. The smallest absolute Gasteiger partial charge is 0.410 e. The van der Waals surface area contributed by atoms with Crippen LogP contribution in [0.4, 0.5) is 18.0 Å². The topological polar surface area (TPSA) is 29.5 Å². The van der Waals surface area contributed by atoms with E-state index in [2.05, 4.69) is 0 Å². The molecule has 1 aliphatic heterocycles. The molecule has 1 amide bonds. The minimum absolute atomic E-state index is 0.297. The average molecular weight is 329 g/mol. The standard InChI is InChI=1S/C17H22F3NO2/c1-11-13-7-5-6-12(10-17(18,19)20)14(13)8-9-21(11)15(22)23-16(2,3)4/h5-7,11H,8-10H2,1-4H3/t11-/m0/s1. The predicted molar refractivity (Wildman–Crippen MR) is 81.3 cm³/mol. The molecule has 0 unspecified atom stereocenters. The highest BCUT2D eigenvalue weighted by Crippen LogP contribution is 2.34. The largest absolute Gasteiger partial charge is 0.444 e. The fraction of sp³-hybridized carbons (Fsp3) is 0.588. The van der Waals surface area contributed by atoms with Crippen LogP contribution in [0, 0.1) is 0 Å². The van der Waals surface area contributed by atoms with Crippen molar-refractivity contribution in [3.8, 4) is 0 Å². The van der Waals surface area contributed by atoms with Gasteiger partial charge in [-0.05, 0) is 50.8 Å². The Kier molecular flexibility index (Phi) is 4.64. The number of carbonyl (C=O) groups excluding carboxylic acids is 1. The van der Waals surface area contributed by atoms with Gasteiger partial charge in [0.2, 0.25) is 0 Å². The van der Waals surface area contributed by atoms with Crippen molar-refractivity contribution in [2.24, 2.45) is 0 Å².